The molecule has 2 amide bonds. The number of hydrazine groups is 1. The number of sulfonamides is 1. The van der Waals surface area contributed by atoms with Gasteiger partial charge in [-0.05, 0) is 50.2 Å². The van der Waals surface area contributed by atoms with Gasteiger partial charge in [0.1, 0.15) is 5.69 Å². The first-order valence-corrected chi connectivity index (χ1v) is 10.5. The van der Waals surface area contributed by atoms with Gasteiger partial charge in [-0.1, -0.05) is 6.07 Å². The summed E-state index contributed by atoms with van der Waals surface area (Å²) < 4.78 is 32.6. The van der Waals surface area contributed by atoms with Crippen LogP contribution in [-0.4, -0.2) is 54.8 Å². The number of amides is 2. The number of pyridine rings is 1. The van der Waals surface area contributed by atoms with E-state index < -0.39 is 21.8 Å². The summed E-state index contributed by atoms with van der Waals surface area (Å²) in [5, 5.41) is 0. The highest BCUT2D eigenvalue weighted by atomic mass is 32.2. The zero-order valence-corrected chi connectivity index (χ0v) is 16.8. The maximum Gasteiger partial charge on any atom is 0.288 e. The number of nitrogens with zero attached hydrogens (tertiary/aromatic N) is 2. The summed E-state index contributed by atoms with van der Waals surface area (Å²) in [5.41, 5.74) is 4.90. The van der Waals surface area contributed by atoms with E-state index in [1.807, 2.05) is 13.8 Å². The average Bonchev–Trinajstić information content (AvgIpc) is 2.71. The minimum absolute atomic E-state index is 0.0906. The van der Waals surface area contributed by atoms with Crippen molar-refractivity contribution < 1.29 is 22.7 Å². The molecular weight excluding hydrogens is 396 g/mol. The van der Waals surface area contributed by atoms with Gasteiger partial charge in [0.2, 0.25) is 10.0 Å². The van der Waals surface area contributed by atoms with Crippen LogP contribution >= 0.6 is 0 Å². The molecule has 2 heterocycles. The minimum atomic E-state index is -3.69. The lowest BCUT2D eigenvalue weighted by Gasteiger charge is -2.34. The zero-order chi connectivity index (χ0) is 21.0. The standard InChI is InChI=1S/C19H22N4O5S/c1-13-11-23(12-14(2)28-13)29(26,27)16-8-6-15(7-9-16)18(24)21-22-19(25)17-5-3-4-10-20-17/h3-10,13-14H,11-12H2,1-2H3,(H,21,24)(H,22,25)/t13-,14-/m1/s1. The van der Waals surface area contributed by atoms with E-state index in [9.17, 15) is 18.0 Å². The van der Waals surface area contributed by atoms with E-state index in [0.29, 0.717) is 0 Å². The third kappa shape index (κ3) is 4.97. The summed E-state index contributed by atoms with van der Waals surface area (Å²) in [6.45, 7) is 4.19. The van der Waals surface area contributed by atoms with Gasteiger partial charge in [0.15, 0.2) is 0 Å². The van der Waals surface area contributed by atoms with E-state index in [2.05, 4.69) is 15.8 Å². The van der Waals surface area contributed by atoms with E-state index in [1.165, 1.54) is 40.8 Å². The van der Waals surface area contributed by atoms with Crippen LogP contribution in [-0.2, 0) is 14.8 Å². The second-order valence-corrected chi connectivity index (χ2v) is 8.66. The van der Waals surface area contributed by atoms with Crippen LogP contribution in [0.2, 0.25) is 0 Å². The highest BCUT2D eigenvalue weighted by Crippen LogP contribution is 2.21. The molecule has 0 spiro atoms. The zero-order valence-electron chi connectivity index (χ0n) is 16.0. The molecule has 10 heteroatoms. The Morgan fingerprint density at radius 2 is 1.62 bits per heavy atom. The highest BCUT2D eigenvalue weighted by Gasteiger charge is 2.32. The molecule has 0 radical (unpaired) electrons. The molecule has 2 aromatic rings. The Morgan fingerprint density at radius 3 is 2.21 bits per heavy atom. The van der Waals surface area contributed by atoms with Gasteiger partial charge in [-0.3, -0.25) is 25.4 Å². The number of ether oxygens (including phenoxy) is 1. The minimum Gasteiger partial charge on any atom is -0.373 e. The predicted octanol–water partition coefficient (Wildman–Crippen LogP) is 0.954. The molecule has 2 atom stereocenters. The third-order valence-electron chi connectivity index (χ3n) is 4.33. The monoisotopic (exact) mass is 418 g/mol. The number of rotatable bonds is 4. The van der Waals surface area contributed by atoms with E-state index in [0.717, 1.165) is 0 Å². The number of nitrogens with one attached hydrogen (secondary N) is 2. The molecule has 0 aliphatic carbocycles. The maximum absolute atomic E-state index is 12.8. The fourth-order valence-corrected chi connectivity index (χ4v) is 4.59. The lowest BCUT2D eigenvalue weighted by Crippen LogP contribution is -2.48. The SMILES string of the molecule is C[C@@H]1CN(S(=O)(=O)c2ccc(C(=O)NNC(=O)c3ccccn3)cc2)C[C@@H](C)O1. The van der Waals surface area contributed by atoms with Gasteiger partial charge < -0.3 is 4.74 Å². The predicted molar refractivity (Wildman–Crippen MR) is 104 cm³/mol. The Hall–Kier alpha value is -2.82. The van der Waals surface area contributed by atoms with Crippen LogP contribution in [0.3, 0.4) is 0 Å². The van der Waals surface area contributed by atoms with E-state index in [1.54, 1.807) is 12.1 Å². The molecule has 1 aromatic heterocycles. The topological polar surface area (TPSA) is 118 Å². The van der Waals surface area contributed by atoms with Crippen molar-refractivity contribution in [3.8, 4) is 0 Å². The Balaban J connectivity index is 1.64. The van der Waals surface area contributed by atoms with Crippen LogP contribution in [0.4, 0.5) is 0 Å². The number of aromatic nitrogens is 1. The van der Waals surface area contributed by atoms with Gasteiger partial charge in [0.25, 0.3) is 11.8 Å². The van der Waals surface area contributed by atoms with Gasteiger partial charge in [0, 0.05) is 24.8 Å². The average molecular weight is 418 g/mol. The molecule has 9 nitrogen and oxygen atoms in total. The second-order valence-electron chi connectivity index (χ2n) is 6.73. The largest absolute Gasteiger partial charge is 0.373 e. The second kappa shape index (κ2) is 8.68. The molecule has 0 bridgehead atoms. The molecule has 0 unspecified atom stereocenters. The lowest BCUT2D eigenvalue weighted by molar-refractivity contribution is -0.0440. The Labute approximate surface area is 169 Å². The number of benzene rings is 1. The molecule has 1 aliphatic heterocycles. The fraction of sp³-hybridized carbons (Fsp3) is 0.316. The first-order valence-electron chi connectivity index (χ1n) is 9.05. The summed E-state index contributed by atoms with van der Waals surface area (Å²) in [6, 6.07) is 10.4. The Morgan fingerprint density at radius 1 is 1.00 bits per heavy atom. The molecule has 29 heavy (non-hydrogen) atoms. The van der Waals surface area contributed by atoms with Crippen LogP contribution in [0, 0.1) is 0 Å². The Bertz CT molecular complexity index is 969. The van der Waals surface area contributed by atoms with Gasteiger partial charge >= 0.3 is 0 Å². The van der Waals surface area contributed by atoms with Crippen molar-refractivity contribution in [1.29, 1.82) is 0 Å². The van der Waals surface area contributed by atoms with Crippen molar-refractivity contribution in [3.05, 3.63) is 59.9 Å². The van der Waals surface area contributed by atoms with Crippen molar-refractivity contribution in [2.45, 2.75) is 31.0 Å². The van der Waals surface area contributed by atoms with Crippen LogP contribution in [0.5, 0.6) is 0 Å². The number of carbonyl (C=O) groups excluding carboxylic acids is 2. The molecule has 1 aliphatic rings. The summed E-state index contributed by atoms with van der Waals surface area (Å²) in [6.07, 6.45) is 1.08. The fourth-order valence-electron chi connectivity index (χ4n) is 3.00. The number of hydrogen-bond donors (Lipinski definition) is 2. The van der Waals surface area contributed by atoms with Crippen molar-refractivity contribution in [1.82, 2.24) is 20.1 Å². The van der Waals surface area contributed by atoms with Crippen molar-refractivity contribution in [2.24, 2.45) is 0 Å². The van der Waals surface area contributed by atoms with E-state index in [-0.39, 0.29) is 41.5 Å². The molecule has 1 saturated heterocycles. The molecule has 1 fully saturated rings. The molecular formula is C19H22N4O5S. The van der Waals surface area contributed by atoms with Crippen molar-refractivity contribution >= 4 is 21.8 Å². The highest BCUT2D eigenvalue weighted by molar-refractivity contribution is 7.89. The van der Waals surface area contributed by atoms with Crippen LogP contribution in [0.25, 0.3) is 0 Å². The smallest absolute Gasteiger partial charge is 0.288 e. The summed E-state index contributed by atoms with van der Waals surface area (Å²) in [5.74, 6) is -1.14. The van der Waals surface area contributed by atoms with Gasteiger partial charge in [-0.2, -0.15) is 4.31 Å². The molecule has 3 rings (SSSR count). The maximum atomic E-state index is 12.8. The number of carbonyl (C=O) groups is 2. The molecule has 154 valence electrons. The summed E-state index contributed by atoms with van der Waals surface area (Å²) >= 11 is 0. The summed E-state index contributed by atoms with van der Waals surface area (Å²) in [4.78, 5) is 28.1. The van der Waals surface area contributed by atoms with Crippen molar-refractivity contribution in [2.75, 3.05) is 13.1 Å². The van der Waals surface area contributed by atoms with E-state index in [4.69, 9.17) is 4.74 Å². The normalized spacial score (nSPS) is 20.1. The third-order valence-corrected chi connectivity index (χ3v) is 6.17. The first-order chi connectivity index (χ1) is 13.8. The number of morpholine rings is 1. The Kier molecular flexibility index (Phi) is 6.26. The molecule has 2 N–H and O–H groups in total. The number of hydrogen-bond acceptors (Lipinski definition) is 6. The first kappa shape index (κ1) is 20.9. The molecule has 1 aromatic carbocycles. The summed E-state index contributed by atoms with van der Waals surface area (Å²) in [7, 11) is -3.69. The lowest BCUT2D eigenvalue weighted by atomic mass is 10.2. The van der Waals surface area contributed by atoms with Crippen molar-refractivity contribution in [3.63, 3.8) is 0 Å². The van der Waals surface area contributed by atoms with Crippen LogP contribution in [0.1, 0.15) is 34.7 Å². The van der Waals surface area contributed by atoms with E-state index >= 15 is 0 Å². The van der Waals surface area contributed by atoms with Crippen LogP contribution < -0.4 is 10.9 Å². The quantitative estimate of drug-likeness (QED) is 0.714. The van der Waals surface area contributed by atoms with Gasteiger partial charge in [-0.15, -0.1) is 0 Å². The van der Waals surface area contributed by atoms with Crippen LogP contribution in [0.15, 0.2) is 53.6 Å². The molecule has 0 saturated carbocycles. The van der Waals surface area contributed by atoms with Gasteiger partial charge in [0.05, 0.1) is 17.1 Å². The van der Waals surface area contributed by atoms with Gasteiger partial charge in [-0.25, -0.2) is 8.42 Å².